The van der Waals surface area contributed by atoms with E-state index in [1.807, 2.05) is 30.3 Å². The first-order valence-electron chi connectivity index (χ1n) is 8.38. The van der Waals surface area contributed by atoms with Crippen molar-refractivity contribution in [3.05, 3.63) is 89.6 Å². The molecule has 2 N–H and O–H groups in total. The van der Waals surface area contributed by atoms with Gasteiger partial charge in [-0.15, -0.1) is 0 Å². The van der Waals surface area contributed by atoms with Gasteiger partial charge in [-0.3, -0.25) is 4.79 Å². The van der Waals surface area contributed by atoms with Crippen molar-refractivity contribution in [2.24, 2.45) is 0 Å². The molecule has 0 fully saturated rings. The topological polar surface area (TPSA) is 70.9 Å². The molecule has 1 atom stereocenters. The number of fused-ring (bicyclic) bond motifs is 1. The SMILES string of the molecule is O=C(NC(c1ccccc1)c1ccc2nc(C(F)(F)F)[nH]c2c1)c1ccco1. The summed E-state index contributed by atoms with van der Waals surface area (Å²) in [7, 11) is 0. The molecule has 0 radical (unpaired) electrons. The number of aromatic amines is 1. The molecule has 0 saturated carbocycles. The van der Waals surface area contributed by atoms with Crippen LogP contribution in [0.1, 0.15) is 33.5 Å². The minimum Gasteiger partial charge on any atom is -0.459 e. The average molecular weight is 385 g/mol. The minimum absolute atomic E-state index is 0.142. The molecule has 0 aliphatic heterocycles. The summed E-state index contributed by atoms with van der Waals surface area (Å²) in [4.78, 5) is 18.4. The Bertz CT molecular complexity index is 1100. The smallest absolute Gasteiger partial charge is 0.449 e. The summed E-state index contributed by atoms with van der Waals surface area (Å²) in [5, 5.41) is 2.86. The number of imidazole rings is 1. The fourth-order valence-electron chi connectivity index (χ4n) is 2.96. The zero-order valence-corrected chi connectivity index (χ0v) is 14.3. The normalized spacial score (nSPS) is 12.8. The molecule has 0 spiro atoms. The first-order chi connectivity index (χ1) is 13.4. The minimum atomic E-state index is -4.56. The van der Waals surface area contributed by atoms with Gasteiger partial charge in [0, 0.05) is 0 Å². The molecule has 8 heteroatoms. The first kappa shape index (κ1) is 17.8. The number of hydrogen-bond donors (Lipinski definition) is 2. The van der Waals surface area contributed by atoms with Gasteiger partial charge in [0.25, 0.3) is 5.91 Å². The molecule has 2 heterocycles. The molecular weight excluding hydrogens is 371 g/mol. The van der Waals surface area contributed by atoms with Crippen LogP contribution in [0.3, 0.4) is 0 Å². The Balaban J connectivity index is 1.74. The van der Waals surface area contributed by atoms with E-state index in [0.717, 1.165) is 5.56 Å². The summed E-state index contributed by atoms with van der Waals surface area (Å²) in [5.41, 5.74) is 1.81. The number of carbonyl (C=O) groups is 1. The van der Waals surface area contributed by atoms with Gasteiger partial charge in [-0.25, -0.2) is 4.98 Å². The lowest BCUT2D eigenvalue weighted by atomic mass is 9.98. The Morgan fingerprint density at radius 1 is 1.04 bits per heavy atom. The Hall–Kier alpha value is -3.55. The van der Waals surface area contributed by atoms with Crippen LogP contribution in [0.25, 0.3) is 11.0 Å². The number of halogens is 3. The number of benzene rings is 2. The number of hydrogen-bond acceptors (Lipinski definition) is 3. The number of furan rings is 1. The van der Waals surface area contributed by atoms with Crippen LogP contribution in [0.15, 0.2) is 71.3 Å². The van der Waals surface area contributed by atoms with Crippen molar-refractivity contribution in [2.45, 2.75) is 12.2 Å². The lowest BCUT2D eigenvalue weighted by molar-refractivity contribution is -0.144. The number of nitrogens with one attached hydrogen (secondary N) is 2. The lowest BCUT2D eigenvalue weighted by Gasteiger charge is -2.19. The second kappa shape index (κ2) is 6.88. The summed E-state index contributed by atoms with van der Waals surface area (Å²) < 4.78 is 43.9. The highest BCUT2D eigenvalue weighted by atomic mass is 19.4. The summed E-state index contributed by atoms with van der Waals surface area (Å²) in [6.45, 7) is 0. The zero-order chi connectivity index (χ0) is 19.7. The molecule has 2 aromatic carbocycles. The standard InChI is InChI=1S/C20H14F3N3O2/c21-20(22,23)19-24-14-9-8-13(11-15(14)25-19)17(12-5-2-1-3-6-12)26-18(27)16-7-4-10-28-16/h1-11,17H,(H,24,25)(H,26,27). The molecule has 28 heavy (non-hydrogen) atoms. The fourth-order valence-corrected chi connectivity index (χ4v) is 2.96. The number of rotatable bonds is 4. The molecule has 4 aromatic rings. The Kier molecular flexibility index (Phi) is 4.38. The predicted molar refractivity (Wildman–Crippen MR) is 95.6 cm³/mol. The van der Waals surface area contributed by atoms with Crippen LogP contribution in [-0.2, 0) is 6.18 Å². The molecule has 1 unspecified atom stereocenters. The molecular formula is C20H14F3N3O2. The molecule has 0 aliphatic rings. The van der Waals surface area contributed by atoms with Gasteiger partial charge in [-0.2, -0.15) is 13.2 Å². The largest absolute Gasteiger partial charge is 0.459 e. The van der Waals surface area contributed by atoms with E-state index < -0.39 is 23.9 Å². The van der Waals surface area contributed by atoms with Crippen molar-refractivity contribution in [2.75, 3.05) is 0 Å². The maximum atomic E-state index is 12.9. The number of carbonyl (C=O) groups excluding carboxylic acids is 1. The van der Waals surface area contributed by atoms with Crippen molar-refractivity contribution >= 4 is 16.9 Å². The summed E-state index contributed by atoms with van der Waals surface area (Å²) in [6.07, 6.45) is -3.17. The Morgan fingerprint density at radius 2 is 1.82 bits per heavy atom. The van der Waals surface area contributed by atoms with Gasteiger partial charge in [-0.1, -0.05) is 36.4 Å². The van der Waals surface area contributed by atoms with Gasteiger partial charge in [0.1, 0.15) is 0 Å². The fraction of sp³-hybridized carbons (Fsp3) is 0.100. The van der Waals surface area contributed by atoms with E-state index in [9.17, 15) is 18.0 Å². The highest BCUT2D eigenvalue weighted by Gasteiger charge is 2.34. The van der Waals surface area contributed by atoms with Gasteiger partial charge < -0.3 is 14.7 Å². The molecule has 2 aromatic heterocycles. The molecule has 1 amide bonds. The van der Waals surface area contributed by atoms with Crippen LogP contribution >= 0.6 is 0 Å². The van der Waals surface area contributed by atoms with Gasteiger partial charge in [0.15, 0.2) is 5.76 Å². The van der Waals surface area contributed by atoms with Crippen LogP contribution in [0.5, 0.6) is 0 Å². The van der Waals surface area contributed by atoms with Crippen LogP contribution in [-0.4, -0.2) is 15.9 Å². The second-order valence-electron chi connectivity index (χ2n) is 6.15. The number of aromatic nitrogens is 2. The Morgan fingerprint density at radius 3 is 2.50 bits per heavy atom. The molecule has 5 nitrogen and oxygen atoms in total. The van der Waals surface area contributed by atoms with Crippen LogP contribution < -0.4 is 5.32 Å². The summed E-state index contributed by atoms with van der Waals surface area (Å²) in [6, 6.07) is 16.4. The van der Waals surface area contributed by atoms with E-state index in [2.05, 4.69) is 15.3 Å². The highest BCUT2D eigenvalue weighted by molar-refractivity contribution is 5.92. The van der Waals surface area contributed by atoms with E-state index in [4.69, 9.17) is 4.42 Å². The van der Waals surface area contributed by atoms with Crippen molar-refractivity contribution < 1.29 is 22.4 Å². The van der Waals surface area contributed by atoms with Gasteiger partial charge in [0.2, 0.25) is 5.82 Å². The number of amides is 1. The molecule has 0 bridgehead atoms. The second-order valence-corrected chi connectivity index (χ2v) is 6.15. The highest BCUT2D eigenvalue weighted by Crippen LogP contribution is 2.30. The van der Waals surface area contributed by atoms with Crippen LogP contribution in [0.2, 0.25) is 0 Å². The maximum absolute atomic E-state index is 12.9. The molecule has 142 valence electrons. The van der Waals surface area contributed by atoms with E-state index >= 15 is 0 Å². The molecule has 4 rings (SSSR count). The predicted octanol–water partition coefficient (Wildman–Crippen LogP) is 4.69. The summed E-state index contributed by atoms with van der Waals surface area (Å²) in [5.74, 6) is -1.35. The van der Waals surface area contributed by atoms with Gasteiger partial charge >= 0.3 is 6.18 Å². The lowest BCUT2D eigenvalue weighted by Crippen LogP contribution is -2.29. The van der Waals surface area contributed by atoms with E-state index in [-0.39, 0.29) is 16.8 Å². The number of nitrogens with zero attached hydrogens (tertiary/aromatic N) is 1. The number of H-pyrrole nitrogens is 1. The van der Waals surface area contributed by atoms with Crippen molar-refractivity contribution in [1.82, 2.24) is 15.3 Å². The third kappa shape index (κ3) is 3.48. The van der Waals surface area contributed by atoms with Crippen molar-refractivity contribution in [3.8, 4) is 0 Å². The third-order valence-electron chi connectivity index (χ3n) is 4.26. The monoisotopic (exact) mass is 385 g/mol. The summed E-state index contributed by atoms with van der Waals surface area (Å²) >= 11 is 0. The van der Waals surface area contributed by atoms with Crippen LogP contribution in [0.4, 0.5) is 13.2 Å². The third-order valence-corrected chi connectivity index (χ3v) is 4.26. The first-order valence-corrected chi connectivity index (χ1v) is 8.38. The van der Waals surface area contributed by atoms with Crippen molar-refractivity contribution in [3.63, 3.8) is 0 Å². The molecule has 0 aliphatic carbocycles. The maximum Gasteiger partial charge on any atom is 0.449 e. The zero-order valence-electron chi connectivity index (χ0n) is 14.3. The van der Waals surface area contributed by atoms with E-state index in [0.29, 0.717) is 5.56 Å². The number of alkyl halides is 3. The average Bonchev–Trinajstić information content (AvgIpc) is 3.35. The van der Waals surface area contributed by atoms with E-state index in [1.54, 1.807) is 18.2 Å². The van der Waals surface area contributed by atoms with Crippen molar-refractivity contribution in [1.29, 1.82) is 0 Å². The molecule has 0 saturated heterocycles. The van der Waals surface area contributed by atoms with Gasteiger partial charge in [0.05, 0.1) is 23.3 Å². The van der Waals surface area contributed by atoms with Crippen LogP contribution in [0, 0.1) is 0 Å². The quantitative estimate of drug-likeness (QED) is 0.535. The van der Waals surface area contributed by atoms with E-state index in [1.165, 1.54) is 18.4 Å². The Labute approximate surface area is 157 Å². The van der Waals surface area contributed by atoms with Gasteiger partial charge in [-0.05, 0) is 35.4 Å².